The van der Waals surface area contributed by atoms with Gasteiger partial charge in [0.05, 0.1) is 0 Å². The van der Waals surface area contributed by atoms with Crippen LogP contribution in [0.1, 0.15) is 11.1 Å². The molecule has 0 aromatic heterocycles. The Morgan fingerprint density at radius 2 is 1.53 bits per heavy atom. The van der Waals surface area contributed by atoms with Gasteiger partial charge in [-0.15, -0.1) is 23.2 Å². The normalized spacial score (nSPS) is 11.5. The first-order valence-electron chi connectivity index (χ1n) is 6.12. The Kier molecular flexibility index (Phi) is 5.15. The van der Waals surface area contributed by atoms with Crippen LogP contribution in [0.5, 0.6) is 0 Å². The van der Waals surface area contributed by atoms with Crippen molar-refractivity contribution in [3.8, 4) is 0 Å². The standard InChI is InChI=1S/C16H15Cl3/c17-11-16(12-18,14-6-2-1-3-7-14)10-13-5-4-8-15(19)9-13/h1-9H,10-12H2. The molecule has 0 nitrogen and oxygen atoms in total. The summed E-state index contributed by atoms with van der Waals surface area (Å²) in [6.07, 6.45) is 0.782. The minimum Gasteiger partial charge on any atom is -0.126 e. The topological polar surface area (TPSA) is 0 Å². The molecule has 0 fully saturated rings. The van der Waals surface area contributed by atoms with Gasteiger partial charge in [0.2, 0.25) is 0 Å². The molecule has 0 radical (unpaired) electrons. The van der Waals surface area contributed by atoms with Crippen LogP contribution in [0.2, 0.25) is 5.02 Å². The van der Waals surface area contributed by atoms with Gasteiger partial charge in [-0.3, -0.25) is 0 Å². The maximum Gasteiger partial charge on any atom is 0.0408 e. The van der Waals surface area contributed by atoms with Gasteiger partial charge < -0.3 is 0 Å². The summed E-state index contributed by atoms with van der Waals surface area (Å²) in [6.45, 7) is 0. The lowest BCUT2D eigenvalue weighted by molar-refractivity contribution is 0.536. The van der Waals surface area contributed by atoms with Crippen LogP contribution < -0.4 is 0 Å². The molecule has 0 saturated carbocycles. The SMILES string of the molecule is ClCC(CCl)(Cc1cccc(Cl)c1)c1ccccc1. The Balaban J connectivity index is 2.35. The summed E-state index contributed by atoms with van der Waals surface area (Å²) in [6, 6.07) is 18.0. The van der Waals surface area contributed by atoms with Crippen LogP contribution in [0.4, 0.5) is 0 Å². The van der Waals surface area contributed by atoms with Crippen molar-refractivity contribution in [1.29, 1.82) is 0 Å². The number of benzene rings is 2. The van der Waals surface area contributed by atoms with Gasteiger partial charge in [-0.2, -0.15) is 0 Å². The maximum absolute atomic E-state index is 6.23. The van der Waals surface area contributed by atoms with Crippen molar-refractivity contribution >= 4 is 34.8 Å². The summed E-state index contributed by atoms with van der Waals surface area (Å²) < 4.78 is 0. The predicted octanol–water partition coefficient (Wildman–Crippen LogP) is 5.30. The van der Waals surface area contributed by atoms with Gasteiger partial charge in [-0.05, 0) is 29.7 Å². The fraction of sp³-hybridized carbons (Fsp3) is 0.250. The molecular weight excluding hydrogens is 299 g/mol. The molecule has 2 rings (SSSR count). The minimum absolute atomic E-state index is 0.255. The van der Waals surface area contributed by atoms with Crippen LogP contribution in [0.25, 0.3) is 0 Å². The smallest absolute Gasteiger partial charge is 0.0408 e. The first kappa shape index (κ1) is 14.7. The predicted molar refractivity (Wildman–Crippen MR) is 84.7 cm³/mol. The van der Waals surface area contributed by atoms with Gasteiger partial charge in [0, 0.05) is 22.2 Å². The van der Waals surface area contributed by atoms with Gasteiger partial charge >= 0.3 is 0 Å². The zero-order valence-electron chi connectivity index (χ0n) is 10.5. The lowest BCUT2D eigenvalue weighted by Crippen LogP contribution is -2.33. The lowest BCUT2D eigenvalue weighted by Gasteiger charge is -2.30. The van der Waals surface area contributed by atoms with E-state index in [2.05, 4.69) is 18.2 Å². The molecule has 0 amide bonds. The highest BCUT2D eigenvalue weighted by Gasteiger charge is 2.30. The summed E-state index contributed by atoms with van der Waals surface area (Å²) in [5.74, 6) is 0.958. The maximum atomic E-state index is 6.23. The van der Waals surface area contributed by atoms with Crippen molar-refractivity contribution < 1.29 is 0 Å². The highest BCUT2D eigenvalue weighted by atomic mass is 35.5. The fourth-order valence-corrected chi connectivity index (χ4v) is 3.21. The summed E-state index contributed by atoms with van der Waals surface area (Å²) >= 11 is 18.5. The molecule has 0 aliphatic rings. The second-order valence-electron chi connectivity index (χ2n) is 4.72. The number of hydrogen-bond acceptors (Lipinski definition) is 0. The summed E-state index contributed by atoms with van der Waals surface area (Å²) in [4.78, 5) is 0. The van der Waals surface area contributed by atoms with Crippen LogP contribution in [0.15, 0.2) is 54.6 Å². The molecule has 2 aromatic rings. The quantitative estimate of drug-likeness (QED) is 0.657. The third-order valence-corrected chi connectivity index (χ3v) is 4.59. The molecule has 0 N–H and O–H groups in total. The van der Waals surface area contributed by atoms with Crippen LogP contribution >= 0.6 is 34.8 Å². The number of alkyl halides is 2. The van der Waals surface area contributed by atoms with Gasteiger partial charge in [0.25, 0.3) is 0 Å². The molecule has 0 aliphatic heterocycles. The zero-order chi connectivity index (χ0) is 13.7. The molecule has 0 heterocycles. The molecule has 19 heavy (non-hydrogen) atoms. The Labute approximate surface area is 129 Å². The molecule has 100 valence electrons. The number of halogens is 3. The molecule has 0 spiro atoms. The van der Waals surface area contributed by atoms with Gasteiger partial charge in [-0.1, -0.05) is 54.1 Å². The van der Waals surface area contributed by atoms with Crippen LogP contribution in [0.3, 0.4) is 0 Å². The van der Waals surface area contributed by atoms with Crippen LogP contribution in [-0.2, 0) is 11.8 Å². The molecule has 0 aliphatic carbocycles. The summed E-state index contributed by atoms with van der Waals surface area (Å²) in [7, 11) is 0. The molecule has 0 atom stereocenters. The van der Waals surface area contributed by atoms with Gasteiger partial charge in [0.1, 0.15) is 0 Å². The Hall–Kier alpha value is -0.690. The molecule has 0 bridgehead atoms. The second-order valence-corrected chi connectivity index (χ2v) is 5.69. The van der Waals surface area contributed by atoms with E-state index in [0.29, 0.717) is 11.8 Å². The molecule has 3 heteroatoms. The first-order valence-corrected chi connectivity index (χ1v) is 7.57. The summed E-state index contributed by atoms with van der Waals surface area (Å²) in [5, 5.41) is 0.739. The van der Waals surface area contributed by atoms with Crippen LogP contribution in [-0.4, -0.2) is 11.8 Å². The summed E-state index contributed by atoms with van der Waals surface area (Å²) in [5.41, 5.74) is 2.06. The number of rotatable bonds is 5. The van der Waals surface area contributed by atoms with Gasteiger partial charge in [0.15, 0.2) is 0 Å². The average Bonchev–Trinajstić information content (AvgIpc) is 2.46. The van der Waals surface area contributed by atoms with Crippen molar-refractivity contribution in [3.05, 3.63) is 70.7 Å². The molecule has 2 aromatic carbocycles. The van der Waals surface area contributed by atoms with Crippen molar-refractivity contribution in [2.45, 2.75) is 11.8 Å². The monoisotopic (exact) mass is 312 g/mol. The van der Waals surface area contributed by atoms with Crippen molar-refractivity contribution in [3.63, 3.8) is 0 Å². The third-order valence-electron chi connectivity index (χ3n) is 3.33. The number of hydrogen-bond donors (Lipinski definition) is 0. The third kappa shape index (κ3) is 3.45. The van der Waals surface area contributed by atoms with Crippen molar-refractivity contribution in [1.82, 2.24) is 0 Å². The van der Waals surface area contributed by atoms with E-state index in [-0.39, 0.29) is 5.41 Å². The van der Waals surface area contributed by atoms with E-state index in [9.17, 15) is 0 Å². The van der Waals surface area contributed by atoms with E-state index >= 15 is 0 Å². The van der Waals surface area contributed by atoms with E-state index < -0.39 is 0 Å². The Morgan fingerprint density at radius 3 is 2.11 bits per heavy atom. The second kappa shape index (κ2) is 6.65. The highest BCUT2D eigenvalue weighted by molar-refractivity contribution is 6.30. The Morgan fingerprint density at radius 1 is 0.842 bits per heavy atom. The highest BCUT2D eigenvalue weighted by Crippen LogP contribution is 2.32. The van der Waals surface area contributed by atoms with Gasteiger partial charge in [-0.25, -0.2) is 0 Å². The minimum atomic E-state index is -0.255. The average molecular weight is 314 g/mol. The van der Waals surface area contributed by atoms with Crippen LogP contribution in [0, 0.1) is 0 Å². The first-order chi connectivity index (χ1) is 9.20. The van der Waals surface area contributed by atoms with E-state index in [0.717, 1.165) is 17.0 Å². The fourth-order valence-electron chi connectivity index (χ4n) is 2.22. The van der Waals surface area contributed by atoms with Crippen molar-refractivity contribution in [2.75, 3.05) is 11.8 Å². The van der Waals surface area contributed by atoms with E-state index in [1.54, 1.807) is 0 Å². The molecule has 0 saturated heterocycles. The lowest BCUT2D eigenvalue weighted by atomic mass is 9.79. The van der Waals surface area contributed by atoms with E-state index in [1.165, 1.54) is 5.56 Å². The van der Waals surface area contributed by atoms with E-state index in [1.807, 2.05) is 36.4 Å². The van der Waals surface area contributed by atoms with E-state index in [4.69, 9.17) is 34.8 Å². The molecule has 0 unspecified atom stereocenters. The Bertz CT molecular complexity index is 519. The molecular formula is C16H15Cl3. The largest absolute Gasteiger partial charge is 0.126 e. The zero-order valence-corrected chi connectivity index (χ0v) is 12.7. The van der Waals surface area contributed by atoms with Crippen molar-refractivity contribution in [2.24, 2.45) is 0 Å².